The quantitative estimate of drug-likeness (QED) is 0.896. The minimum absolute atomic E-state index is 0.0608. The Morgan fingerprint density at radius 2 is 1.76 bits per heavy atom. The van der Waals surface area contributed by atoms with E-state index < -0.39 is 0 Å². The Balaban J connectivity index is 2.08. The van der Waals surface area contributed by atoms with Crippen LogP contribution in [0.15, 0.2) is 12.1 Å². The first-order valence-corrected chi connectivity index (χ1v) is 7.61. The number of aryl methyl sites for hydroxylation is 2. The molecule has 0 unspecified atom stereocenters. The molecule has 21 heavy (non-hydrogen) atoms. The monoisotopic (exact) mass is 290 g/mol. The van der Waals surface area contributed by atoms with Gasteiger partial charge in [-0.25, -0.2) is 0 Å². The molecule has 1 aliphatic carbocycles. The second-order valence-electron chi connectivity index (χ2n) is 6.47. The van der Waals surface area contributed by atoms with Crippen LogP contribution in [0.4, 0.5) is 0 Å². The van der Waals surface area contributed by atoms with Gasteiger partial charge in [0.15, 0.2) is 0 Å². The maximum Gasteiger partial charge on any atom is 0.251 e. The molecule has 1 saturated carbocycles. The summed E-state index contributed by atoms with van der Waals surface area (Å²) in [5.41, 5.74) is 2.19. The molecule has 4 nitrogen and oxygen atoms in total. The van der Waals surface area contributed by atoms with Gasteiger partial charge in [-0.1, -0.05) is 12.8 Å². The van der Waals surface area contributed by atoms with Gasteiger partial charge in [0, 0.05) is 17.6 Å². The lowest BCUT2D eigenvalue weighted by Gasteiger charge is -2.36. The van der Waals surface area contributed by atoms with Gasteiger partial charge >= 0.3 is 0 Å². The van der Waals surface area contributed by atoms with E-state index in [1.165, 1.54) is 12.8 Å². The molecule has 116 valence electrons. The molecule has 1 aliphatic rings. The van der Waals surface area contributed by atoms with Gasteiger partial charge in [-0.3, -0.25) is 4.79 Å². The molecule has 0 heterocycles. The van der Waals surface area contributed by atoms with Crippen molar-refractivity contribution in [2.24, 2.45) is 0 Å². The second-order valence-corrected chi connectivity index (χ2v) is 6.47. The Morgan fingerprint density at radius 3 is 2.24 bits per heavy atom. The van der Waals surface area contributed by atoms with Gasteiger partial charge < -0.3 is 15.3 Å². The fourth-order valence-corrected chi connectivity index (χ4v) is 3.25. The smallest absolute Gasteiger partial charge is 0.251 e. The Kier molecular flexibility index (Phi) is 4.57. The van der Waals surface area contributed by atoms with E-state index in [9.17, 15) is 9.90 Å². The molecule has 4 heteroatoms. The molecular weight excluding hydrogens is 264 g/mol. The first-order valence-electron chi connectivity index (χ1n) is 7.61. The summed E-state index contributed by atoms with van der Waals surface area (Å²) in [6, 6.07) is 3.49. The van der Waals surface area contributed by atoms with Crippen LogP contribution in [0.2, 0.25) is 0 Å². The predicted molar refractivity (Wildman–Crippen MR) is 84.8 cm³/mol. The van der Waals surface area contributed by atoms with Crippen molar-refractivity contribution in [3.8, 4) is 5.75 Å². The van der Waals surface area contributed by atoms with Crippen LogP contribution >= 0.6 is 0 Å². The van der Waals surface area contributed by atoms with Crippen molar-refractivity contribution in [2.45, 2.75) is 45.1 Å². The third kappa shape index (κ3) is 3.21. The topological polar surface area (TPSA) is 52.6 Å². The Labute approximate surface area is 127 Å². The van der Waals surface area contributed by atoms with Gasteiger partial charge in [-0.2, -0.15) is 0 Å². The Hall–Kier alpha value is -1.55. The van der Waals surface area contributed by atoms with Crippen LogP contribution in [0.5, 0.6) is 5.75 Å². The van der Waals surface area contributed by atoms with Crippen LogP contribution in [-0.2, 0) is 0 Å². The number of hydrogen-bond acceptors (Lipinski definition) is 3. The number of carbonyl (C=O) groups excluding carboxylic acids is 1. The first-order chi connectivity index (χ1) is 9.85. The Bertz CT molecular complexity index is 509. The lowest BCUT2D eigenvalue weighted by molar-refractivity contribution is 0.0900. The van der Waals surface area contributed by atoms with E-state index in [2.05, 4.69) is 24.3 Å². The minimum atomic E-state index is -0.0608. The normalized spacial score (nSPS) is 17.2. The lowest BCUT2D eigenvalue weighted by atomic mass is 9.95. The number of hydrogen-bond donors (Lipinski definition) is 2. The fourth-order valence-electron chi connectivity index (χ4n) is 3.25. The van der Waals surface area contributed by atoms with Crippen molar-refractivity contribution in [3.05, 3.63) is 28.8 Å². The van der Waals surface area contributed by atoms with Gasteiger partial charge in [0.25, 0.3) is 5.91 Å². The van der Waals surface area contributed by atoms with Crippen LogP contribution in [0.1, 0.15) is 47.2 Å². The van der Waals surface area contributed by atoms with Crippen LogP contribution in [0, 0.1) is 13.8 Å². The summed E-state index contributed by atoms with van der Waals surface area (Å²) in [4.78, 5) is 14.6. The highest BCUT2D eigenvalue weighted by Gasteiger charge is 2.36. The zero-order valence-electron chi connectivity index (χ0n) is 13.5. The minimum Gasteiger partial charge on any atom is -0.507 e. The predicted octanol–water partition coefficient (Wildman–Crippen LogP) is 2.61. The van der Waals surface area contributed by atoms with Crippen LogP contribution in [0.3, 0.4) is 0 Å². The average molecular weight is 290 g/mol. The molecule has 2 rings (SSSR count). The van der Waals surface area contributed by atoms with Crippen molar-refractivity contribution in [2.75, 3.05) is 20.6 Å². The van der Waals surface area contributed by atoms with Gasteiger partial charge in [-0.05, 0) is 64.0 Å². The number of nitrogens with zero attached hydrogens (tertiary/aromatic N) is 1. The fraction of sp³-hybridized carbons (Fsp3) is 0.588. The number of carbonyl (C=O) groups is 1. The van der Waals surface area contributed by atoms with E-state index >= 15 is 0 Å². The number of aromatic hydroxyl groups is 1. The molecule has 0 aliphatic heterocycles. The molecule has 0 spiro atoms. The second kappa shape index (κ2) is 6.06. The summed E-state index contributed by atoms with van der Waals surface area (Å²) in [6.07, 6.45) is 4.72. The average Bonchev–Trinajstić information content (AvgIpc) is 2.91. The van der Waals surface area contributed by atoms with Crippen LogP contribution in [0.25, 0.3) is 0 Å². The maximum atomic E-state index is 12.4. The number of rotatable bonds is 4. The summed E-state index contributed by atoms with van der Waals surface area (Å²) in [6.45, 7) is 4.31. The largest absolute Gasteiger partial charge is 0.507 e. The molecule has 2 N–H and O–H groups in total. The molecule has 0 bridgehead atoms. The molecule has 1 amide bonds. The SMILES string of the molecule is Cc1cc(C(=O)NCC2(N(C)C)CCCC2)cc(C)c1O. The first kappa shape index (κ1) is 15.8. The number of amides is 1. The van der Waals surface area contributed by atoms with E-state index in [4.69, 9.17) is 0 Å². The van der Waals surface area contributed by atoms with Crippen molar-refractivity contribution in [3.63, 3.8) is 0 Å². The van der Waals surface area contributed by atoms with Crippen molar-refractivity contribution >= 4 is 5.91 Å². The third-order valence-corrected chi connectivity index (χ3v) is 4.81. The number of benzene rings is 1. The zero-order chi connectivity index (χ0) is 15.6. The molecule has 0 atom stereocenters. The highest BCUT2D eigenvalue weighted by Crippen LogP contribution is 2.33. The molecule has 1 aromatic rings. The van der Waals surface area contributed by atoms with Crippen molar-refractivity contribution in [1.29, 1.82) is 0 Å². The van der Waals surface area contributed by atoms with Gasteiger partial charge in [-0.15, -0.1) is 0 Å². The molecule has 1 fully saturated rings. The van der Waals surface area contributed by atoms with Gasteiger partial charge in [0.2, 0.25) is 0 Å². The maximum absolute atomic E-state index is 12.4. The number of phenols is 1. The van der Waals surface area contributed by atoms with E-state index in [0.29, 0.717) is 12.1 Å². The number of phenolic OH excluding ortho intramolecular Hbond substituents is 1. The van der Waals surface area contributed by atoms with E-state index in [1.54, 1.807) is 12.1 Å². The standard InChI is InChI=1S/C17H26N2O2/c1-12-9-14(10-13(2)15(12)20)16(21)18-11-17(19(3)4)7-5-6-8-17/h9-10,20H,5-8,11H2,1-4H3,(H,18,21). The Morgan fingerprint density at radius 1 is 1.24 bits per heavy atom. The summed E-state index contributed by atoms with van der Waals surface area (Å²) in [5, 5.41) is 12.9. The van der Waals surface area contributed by atoms with Crippen LogP contribution < -0.4 is 5.32 Å². The number of likely N-dealkylation sites (N-methyl/N-ethyl adjacent to an activating group) is 1. The van der Waals surface area contributed by atoms with E-state index in [1.807, 2.05) is 13.8 Å². The van der Waals surface area contributed by atoms with E-state index in [-0.39, 0.29) is 17.2 Å². The van der Waals surface area contributed by atoms with Gasteiger partial charge in [0.1, 0.15) is 5.75 Å². The molecular formula is C17H26N2O2. The zero-order valence-corrected chi connectivity index (χ0v) is 13.5. The van der Waals surface area contributed by atoms with Crippen molar-refractivity contribution < 1.29 is 9.90 Å². The van der Waals surface area contributed by atoms with Crippen molar-refractivity contribution in [1.82, 2.24) is 10.2 Å². The molecule has 0 aromatic heterocycles. The molecule has 1 aromatic carbocycles. The summed E-state index contributed by atoms with van der Waals surface area (Å²) in [5.74, 6) is 0.210. The molecule has 0 saturated heterocycles. The third-order valence-electron chi connectivity index (χ3n) is 4.81. The highest BCUT2D eigenvalue weighted by atomic mass is 16.3. The lowest BCUT2D eigenvalue weighted by Crippen LogP contribution is -2.50. The summed E-state index contributed by atoms with van der Waals surface area (Å²) < 4.78 is 0. The number of nitrogens with one attached hydrogen (secondary N) is 1. The van der Waals surface area contributed by atoms with E-state index in [0.717, 1.165) is 24.0 Å². The molecule has 0 radical (unpaired) electrons. The van der Waals surface area contributed by atoms with Gasteiger partial charge in [0.05, 0.1) is 0 Å². The highest BCUT2D eigenvalue weighted by molar-refractivity contribution is 5.95. The summed E-state index contributed by atoms with van der Waals surface area (Å²) >= 11 is 0. The summed E-state index contributed by atoms with van der Waals surface area (Å²) in [7, 11) is 4.18. The van der Waals surface area contributed by atoms with Crippen LogP contribution in [-0.4, -0.2) is 42.1 Å².